The molecule has 1 aliphatic heterocycles. The lowest BCUT2D eigenvalue weighted by molar-refractivity contribution is -0.133. The lowest BCUT2D eigenvalue weighted by atomic mass is 10.1. The van der Waals surface area contributed by atoms with Crippen molar-refractivity contribution >= 4 is 44.8 Å². The highest BCUT2D eigenvalue weighted by molar-refractivity contribution is 7.89. The number of sulfonamides is 1. The van der Waals surface area contributed by atoms with Crippen molar-refractivity contribution in [2.75, 3.05) is 38.2 Å². The van der Waals surface area contributed by atoms with Crippen molar-refractivity contribution in [3.63, 3.8) is 0 Å². The number of methoxy groups -OCH3 is 1. The molecule has 0 radical (unpaired) electrons. The number of nitrogens with zero attached hydrogens (tertiary/aromatic N) is 2. The van der Waals surface area contributed by atoms with Crippen molar-refractivity contribution in [2.45, 2.75) is 17.4 Å². The smallest absolute Gasteiger partial charge is 0.241 e. The Morgan fingerprint density at radius 3 is 2.33 bits per heavy atom. The van der Waals surface area contributed by atoms with Gasteiger partial charge in [0.2, 0.25) is 15.9 Å². The van der Waals surface area contributed by atoms with Crippen LogP contribution in [0.15, 0.2) is 77.7 Å². The molecule has 0 saturated carbocycles. The van der Waals surface area contributed by atoms with E-state index in [-0.39, 0.29) is 22.2 Å². The maximum Gasteiger partial charge on any atom is 0.241 e. The molecule has 3 aromatic carbocycles. The number of nitrogens with one attached hydrogen (secondary N) is 1. The van der Waals surface area contributed by atoms with Crippen LogP contribution in [0, 0.1) is 0 Å². The topological polar surface area (TPSA) is 78.9 Å². The molecule has 190 valence electrons. The normalized spacial score (nSPS) is 15.0. The third-order valence-electron chi connectivity index (χ3n) is 6.08. The highest BCUT2D eigenvalue weighted by atomic mass is 35.5. The minimum Gasteiger partial charge on any atom is -0.495 e. The molecule has 10 heteroatoms. The first-order valence-corrected chi connectivity index (χ1v) is 13.7. The van der Waals surface area contributed by atoms with E-state index in [1.807, 2.05) is 54.6 Å². The first-order valence-electron chi connectivity index (χ1n) is 11.5. The van der Waals surface area contributed by atoms with Crippen molar-refractivity contribution in [2.24, 2.45) is 0 Å². The van der Waals surface area contributed by atoms with E-state index >= 15 is 0 Å². The van der Waals surface area contributed by atoms with Gasteiger partial charge in [0, 0.05) is 36.9 Å². The summed E-state index contributed by atoms with van der Waals surface area (Å²) in [5.41, 5.74) is 1.84. The summed E-state index contributed by atoms with van der Waals surface area (Å²) in [6.07, 6.45) is 0.220. The van der Waals surface area contributed by atoms with Crippen LogP contribution in [0.3, 0.4) is 0 Å². The number of halogens is 2. The maximum absolute atomic E-state index is 13.6. The summed E-state index contributed by atoms with van der Waals surface area (Å²) in [7, 11) is -2.58. The molecule has 7 nitrogen and oxygen atoms in total. The van der Waals surface area contributed by atoms with Crippen LogP contribution >= 0.6 is 23.2 Å². The molecule has 0 aliphatic carbocycles. The summed E-state index contributed by atoms with van der Waals surface area (Å²) in [6.45, 7) is 2.16. The first kappa shape index (κ1) is 26.3. The molecular formula is C26H27Cl2N3O4S. The second-order valence-electron chi connectivity index (χ2n) is 8.45. The van der Waals surface area contributed by atoms with Gasteiger partial charge in [-0.2, -0.15) is 4.72 Å². The molecule has 36 heavy (non-hydrogen) atoms. The van der Waals surface area contributed by atoms with Crippen molar-refractivity contribution in [1.29, 1.82) is 0 Å². The number of amides is 1. The molecule has 4 rings (SSSR count). The highest BCUT2D eigenvalue weighted by Gasteiger charge is 2.31. The Balaban J connectivity index is 1.52. The average Bonchev–Trinajstić information content (AvgIpc) is 2.88. The van der Waals surface area contributed by atoms with Crippen LogP contribution in [0.1, 0.15) is 5.56 Å². The van der Waals surface area contributed by atoms with Gasteiger partial charge in [-0.25, -0.2) is 8.42 Å². The van der Waals surface area contributed by atoms with Gasteiger partial charge >= 0.3 is 0 Å². The van der Waals surface area contributed by atoms with Crippen LogP contribution in [0.2, 0.25) is 10.0 Å². The monoisotopic (exact) mass is 547 g/mol. The number of hydrogen-bond donors (Lipinski definition) is 1. The van der Waals surface area contributed by atoms with Crippen LogP contribution in [-0.4, -0.2) is 58.6 Å². The SMILES string of the molecule is COc1ccc(S(=O)(=O)N[C@H](Cc2ccccc2)C(=O)N2CCN(c3cccc(Cl)c3)CC2)cc1Cl. The van der Waals surface area contributed by atoms with Gasteiger partial charge in [-0.15, -0.1) is 0 Å². The summed E-state index contributed by atoms with van der Waals surface area (Å²) < 4.78 is 34.2. The summed E-state index contributed by atoms with van der Waals surface area (Å²) >= 11 is 12.3. The highest BCUT2D eigenvalue weighted by Crippen LogP contribution is 2.27. The van der Waals surface area contributed by atoms with Crippen molar-refractivity contribution in [3.05, 3.63) is 88.4 Å². The van der Waals surface area contributed by atoms with Crippen LogP contribution < -0.4 is 14.4 Å². The van der Waals surface area contributed by atoms with Crippen LogP contribution in [0.5, 0.6) is 5.75 Å². The number of carbonyl (C=O) groups excluding carboxylic acids is 1. The van der Waals surface area contributed by atoms with E-state index in [2.05, 4.69) is 9.62 Å². The zero-order valence-corrected chi connectivity index (χ0v) is 22.1. The van der Waals surface area contributed by atoms with Crippen molar-refractivity contribution < 1.29 is 17.9 Å². The molecule has 1 fully saturated rings. The van der Waals surface area contributed by atoms with Crippen molar-refractivity contribution in [1.82, 2.24) is 9.62 Å². The van der Waals surface area contributed by atoms with E-state index in [0.717, 1.165) is 11.3 Å². The van der Waals surface area contributed by atoms with Crippen LogP contribution in [0.25, 0.3) is 0 Å². The molecule has 0 unspecified atom stereocenters. The Labute approximate surface area is 221 Å². The third kappa shape index (κ3) is 6.31. The number of benzene rings is 3. The van der Waals surface area contributed by atoms with E-state index in [1.165, 1.54) is 25.3 Å². The fourth-order valence-electron chi connectivity index (χ4n) is 4.18. The van der Waals surface area contributed by atoms with Crippen LogP contribution in [0.4, 0.5) is 5.69 Å². The second kappa shape index (κ2) is 11.5. The maximum atomic E-state index is 13.6. The van der Waals surface area contributed by atoms with Crippen LogP contribution in [-0.2, 0) is 21.2 Å². The largest absolute Gasteiger partial charge is 0.495 e. The van der Waals surface area contributed by atoms with Gasteiger partial charge in [-0.05, 0) is 48.4 Å². The van der Waals surface area contributed by atoms with Gasteiger partial charge in [0.1, 0.15) is 11.8 Å². The molecule has 1 amide bonds. The summed E-state index contributed by atoms with van der Waals surface area (Å²) in [4.78, 5) is 17.4. The Morgan fingerprint density at radius 2 is 1.69 bits per heavy atom. The molecule has 3 aromatic rings. The summed E-state index contributed by atoms with van der Waals surface area (Å²) in [5, 5.41) is 0.824. The van der Waals surface area contributed by atoms with E-state index < -0.39 is 16.1 Å². The number of carbonyl (C=O) groups is 1. The van der Waals surface area contributed by atoms with Gasteiger partial charge in [-0.3, -0.25) is 4.79 Å². The Hall–Kier alpha value is -2.78. The number of ether oxygens (including phenoxy) is 1. The lowest BCUT2D eigenvalue weighted by Crippen LogP contribution is -2.55. The Bertz CT molecular complexity index is 1310. The van der Waals surface area contributed by atoms with E-state index in [1.54, 1.807) is 4.90 Å². The second-order valence-corrected chi connectivity index (χ2v) is 11.0. The predicted molar refractivity (Wildman–Crippen MR) is 143 cm³/mol. The lowest BCUT2D eigenvalue weighted by Gasteiger charge is -2.37. The molecule has 0 aromatic heterocycles. The standard InChI is InChI=1S/C26H27Cl2N3O4S/c1-35-25-11-10-22(18-23(25)28)36(33,34)29-24(16-19-6-3-2-4-7-19)26(32)31-14-12-30(13-15-31)21-9-5-8-20(27)17-21/h2-11,17-18,24,29H,12-16H2,1H3/t24-/m1/s1. The Kier molecular flexibility index (Phi) is 8.41. The minimum atomic E-state index is -4.03. The zero-order chi connectivity index (χ0) is 25.7. The molecular weight excluding hydrogens is 521 g/mol. The predicted octanol–water partition coefficient (Wildman–Crippen LogP) is 4.24. The average molecular weight is 548 g/mol. The molecule has 1 saturated heterocycles. The summed E-state index contributed by atoms with van der Waals surface area (Å²) in [6, 6.07) is 20.2. The summed E-state index contributed by atoms with van der Waals surface area (Å²) in [5.74, 6) is 0.0953. The van der Waals surface area contributed by atoms with Crippen molar-refractivity contribution in [3.8, 4) is 5.75 Å². The number of piperazine rings is 1. The third-order valence-corrected chi connectivity index (χ3v) is 8.08. The first-order chi connectivity index (χ1) is 17.3. The van der Waals surface area contributed by atoms with E-state index in [4.69, 9.17) is 27.9 Å². The van der Waals surface area contributed by atoms with Gasteiger partial charge < -0.3 is 14.5 Å². The molecule has 1 atom stereocenters. The van der Waals surface area contributed by atoms with E-state index in [0.29, 0.717) is 37.0 Å². The minimum absolute atomic E-state index is 0.0371. The fraction of sp³-hybridized carbons (Fsp3) is 0.269. The fourth-order valence-corrected chi connectivity index (χ4v) is 5.90. The molecule has 1 aliphatic rings. The number of hydrogen-bond acceptors (Lipinski definition) is 5. The number of anilines is 1. The van der Waals surface area contributed by atoms with Gasteiger partial charge in [0.15, 0.2) is 0 Å². The quantitative estimate of drug-likeness (QED) is 0.456. The molecule has 1 heterocycles. The molecule has 0 spiro atoms. The van der Waals surface area contributed by atoms with Gasteiger partial charge in [0.05, 0.1) is 17.0 Å². The van der Waals surface area contributed by atoms with E-state index in [9.17, 15) is 13.2 Å². The Morgan fingerprint density at radius 1 is 0.972 bits per heavy atom. The zero-order valence-electron chi connectivity index (χ0n) is 19.7. The molecule has 0 bridgehead atoms. The molecule has 1 N–H and O–H groups in total. The van der Waals surface area contributed by atoms with Gasteiger partial charge in [-0.1, -0.05) is 59.6 Å². The van der Waals surface area contributed by atoms with Gasteiger partial charge in [0.25, 0.3) is 0 Å². The number of rotatable bonds is 8.